The van der Waals surface area contributed by atoms with Gasteiger partial charge in [0.25, 0.3) is 0 Å². The van der Waals surface area contributed by atoms with Gasteiger partial charge < -0.3 is 18.8 Å². The van der Waals surface area contributed by atoms with E-state index in [9.17, 15) is 0 Å². The Labute approximate surface area is 199 Å². The molecule has 0 atom stereocenters. The summed E-state index contributed by atoms with van der Waals surface area (Å²) < 4.78 is 18.8. The van der Waals surface area contributed by atoms with Gasteiger partial charge in [0, 0.05) is 38.3 Å². The van der Waals surface area contributed by atoms with Gasteiger partial charge in [-0.05, 0) is 54.1 Å². The van der Waals surface area contributed by atoms with Gasteiger partial charge in [0.15, 0.2) is 17.3 Å². The molecule has 0 spiro atoms. The van der Waals surface area contributed by atoms with Crippen molar-refractivity contribution in [3.8, 4) is 39.8 Å². The van der Waals surface area contributed by atoms with Crippen molar-refractivity contribution in [2.75, 3.05) is 39.5 Å². The second-order valence-corrected chi connectivity index (χ2v) is 8.73. The number of fused-ring (bicyclic) bond motifs is 1. The van der Waals surface area contributed by atoms with Crippen molar-refractivity contribution >= 4 is 0 Å². The fraction of sp³-hybridized carbons (Fsp3) is 0.296. The minimum atomic E-state index is 0.281. The summed E-state index contributed by atoms with van der Waals surface area (Å²) in [5.74, 6) is 2.42. The Hall–Kier alpha value is -3.55. The molecular formula is C27H28N4O3. The smallest absolute Gasteiger partial charge is 0.231 e. The van der Waals surface area contributed by atoms with Crippen molar-refractivity contribution in [1.82, 2.24) is 19.6 Å². The molecule has 1 fully saturated rings. The predicted molar refractivity (Wildman–Crippen MR) is 130 cm³/mol. The lowest BCUT2D eigenvalue weighted by Crippen LogP contribution is -2.45. The van der Waals surface area contributed by atoms with Crippen LogP contribution in [-0.2, 0) is 6.54 Å². The van der Waals surface area contributed by atoms with E-state index in [1.54, 1.807) is 6.26 Å². The summed E-state index contributed by atoms with van der Waals surface area (Å²) in [4.78, 5) is 5.00. The second kappa shape index (κ2) is 9.00. The number of hydrogen-bond acceptors (Lipinski definition) is 6. The Balaban J connectivity index is 1.28. The molecule has 174 valence electrons. The topological polar surface area (TPSA) is 55.9 Å². The van der Waals surface area contributed by atoms with Crippen molar-refractivity contribution in [2.24, 2.45) is 0 Å². The fourth-order valence-corrected chi connectivity index (χ4v) is 4.75. The highest BCUT2D eigenvalue weighted by Crippen LogP contribution is 2.36. The van der Waals surface area contributed by atoms with Gasteiger partial charge in [-0.1, -0.05) is 25.1 Å². The molecule has 2 aliphatic heterocycles. The molecule has 1 saturated heterocycles. The lowest BCUT2D eigenvalue weighted by atomic mass is 10.0. The molecule has 7 heteroatoms. The molecule has 4 heterocycles. The Morgan fingerprint density at radius 3 is 2.38 bits per heavy atom. The number of piperazine rings is 1. The van der Waals surface area contributed by atoms with Crippen LogP contribution in [-0.4, -0.2) is 59.1 Å². The van der Waals surface area contributed by atoms with Crippen molar-refractivity contribution in [1.29, 1.82) is 0 Å². The first kappa shape index (κ1) is 21.0. The quantitative estimate of drug-likeness (QED) is 0.420. The van der Waals surface area contributed by atoms with E-state index in [1.165, 1.54) is 5.56 Å². The highest BCUT2D eigenvalue weighted by molar-refractivity contribution is 5.69. The molecule has 7 nitrogen and oxygen atoms in total. The number of likely N-dealkylation sites (N-methyl/N-ethyl adjacent to an activating group) is 1. The van der Waals surface area contributed by atoms with E-state index < -0.39 is 0 Å². The van der Waals surface area contributed by atoms with Crippen LogP contribution in [0.5, 0.6) is 11.5 Å². The average molecular weight is 457 g/mol. The number of rotatable bonds is 6. The van der Waals surface area contributed by atoms with Crippen molar-refractivity contribution < 1.29 is 13.9 Å². The second-order valence-electron chi connectivity index (χ2n) is 8.73. The highest BCUT2D eigenvalue weighted by Gasteiger charge is 2.22. The Kier molecular flexibility index (Phi) is 5.57. The zero-order valence-electron chi connectivity index (χ0n) is 19.3. The van der Waals surface area contributed by atoms with Gasteiger partial charge in [0.1, 0.15) is 5.69 Å². The fourth-order valence-electron chi connectivity index (χ4n) is 4.75. The summed E-state index contributed by atoms with van der Waals surface area (Å²) in [6.45, 7) is 8.86. The van der Waals surface area contributed by atoms with Crippen LogP contribution in [0.4, 0.5) is 0 Å². The highest BCUT2D eigenvalue weighted by atomic mass is 16.7. The number of ether oxygens (including phenoxy) is 2. The monoisotopic (exact) mass is 456 g/mol. The first-order valence-corrected chi connectivity index (χ1v) is 11.8. The van der Waals surface area contributed by atoms with Crippen LogP contribution in [0.2, 0.25) is 0 Å². The zero-order chi connectivity index (χ0) is 22.9. The maximum atomic E-state index is 5.83. The molecule has 4 aromatic rings. The van der Waals surface area contributed by atoms with E-state index in [0.29, 0.717) is 0 Å². The lowest BCUT2D eigenvalue weighted by Gasteiger charge is -2.33. The van der Waals surface area contributed by atoms with Gasteiger partial charge in [-0.2, -0.15) is 5.10 Å². The molecule has 0 radical (unpaired) electrons. The largest absolute Gasteiger partial charge is 0.463 e. The van der Waals surface area contributed by atoms with E-state index in [4.69, 9.17) is 19.0 Å². The SMILES string of the molecule is CCN1CCN(Cc2cnn(-c3ccc(-c4ccc5c(c4)OCO5)cc3)c2-c2ccco2)CC1. The average Bonchev–Trinajstić information content (AvgIpc) is 3.65. The summed E-state index contributed by atoms with van der Waals surface area (Å²) in [7, 11) is 0. The summed E-state index contributed by atoms with van der Waals surface area (Å²) >= 11 is 0. The van der Waals surface area contributed by atoms with Crippen LogP contribution >= 0.6 is 0 Å². The van der Waals surface area contributed by atoms with E-state index >= 15 is 0 Å². The van der Waals surface area contributed by atoms with Crippen molar-refractivity contribution in [3.05, 3.63) is 72.6 Å². The molecule has 0 N–H and O–H groups in total. The van der Waals surface area contributed by atoms with Crippen LogP contribution in [0.1, 0.15) is 12.5 Å². The number of aromatic nitrogens is 2. The summed E-state index contributed by atoms with van der Waals surface area (Å²) in [5.41, 5.74) is 5.40. The molecule has 34 heavy (non-hydrogen) atoms. The Bertz CT molecular complexity index is 1260. The normalized spacial score (nSPS) is 16.3. The molecular weight excluding hydrogens is 428 g/mol. The molecule has 2 aromatic carbocycles. The number of nitrogens with zero attached hydrogens (tertiary/aromatic N) is 4. The molecule has 0 bridgehead atoms. The van der Waals surface area contributed by atoms with Gasteiger partial charge in [-0.3, -0.25) is 4.90 Å². The van der Waals surface area contributed by atoms with E-state index in [0.717, 1.165) is 79.0 Å². The summed E-state index contributed by atoms with van der Waals surface area (Å²) in [6.07, 6.45) is 3.70. The molecule has 0 saturated carbocycles. The predicted octanol–water partition coefficient (Wildman–Crippen LogP) is 4.67. The van der Waals surface area contributed by atoms with Crippen LogP contribution in [0.3, 0.4) is 0 Å². The van der Waals surface area contributed by atoms with Crippen LogP contribution in [0.25, 0.3) is 28.3 Å². The number of benzene rings is 2. The third-order valence-corrected chi connectivity index (χ3v) is 6.72. The first-order valence-electron chi connectivity index (χ1n) is 11.8. The lowest BCUT2D eigenvalue weighted by molar-refractivity contribution is 0.132. The summed E-state index contributed by atoms with van der Waals surface area (Å²) in [6, 6.07) is 18.4. The van der Waals surface area contributed by atoms with Gasteiger partial charge in [-0.25, -0.2) is 4.68 Å². The van der Waals surface area contributed by atoms with E-state index in [1.807, 2.05) is 35.1 Å². The van der Waals surface area contributed by atoms with Gasteiger partial charge >= 0.3 is 0 Å². The minimum Gasteiger partial charge on any atom is -0.463 e. The third kappa shape index (κ3) is 3.97. The molecule has 2 aliphatic rings. The summed E-state index contributed by atoms with van der Waals surface area (Å²) in [5, 5.41) is 4.77. The zero-order valence-corrected chi connectivity index (χ0v) is 19.3. The van der Waals surface area contributed by atoms with E-state index in [2.05, 4.69) is 47.1 Å². The van der Waals surface area contributed by atoms with Gasteiger partial charge in [0.05, 0.1) is 18.1 Å². The van der Waals surface area contributed by atoms with Crippen LogP contribution < -0.4 is 9.47 Å². The van der Waals surface area contributed by atoms with Gasteiger partial charge in [0.2, 0.25) is 6.79 Å². The van der Waals surface area contributed by atoms with Crippen LogP contribution in [0.15, 0.2) is 71.5 Å². The molecule has 0 unspecified atom stereocenters. The standard InChI is InChI=1S/C27H28N4O3/c1-2-29-11-13-30(14-12-29)18-22-17-28-31(27(22)25-4-3-15-32-25)23-8-5-20(6-9-23)21-7-10-24-26(16-21)34-19-33-24/h3-10,15-17H,2,11-14,18-19H2,1H3. The van der Waals surface area contributed by atoms with Gasteiger partial charge in [-0.15, -0.1) is 0 Å². The number of furan rings is 1. The third-order valence-electron chi connectivity index (χ3n) is 6.72. The number of hydrogen-bond donors (Lipinski definition) is 0. The molecule has 2 aromatic heterocycles. The minimum absolute atomic E-state index is 0.281. The van der Waals surface area contributed by atoms with E-state index in [-0.39, 0.29) is 6.79 Å². The first-order chi connectivity index (χ1) is 16.8. The van der Waals surface area contributed by atoms with Crippen LogP contribution in [0, 0.1) is 0 Å². The molecule has 6 rings (SSSR count). The van der Waals surface area contributed by atoms with Crippen molar-refractivity contribution in [2.45, 2.75) is 13.5 Å². The van der Waals surface area contributed by atoms with Crippen molar-refractivity contribution in [3.63, 3.8) is 0 Å². The maximum absolute atomic E-state index is 5.83. The Morgan fingerprint density at radius 2 is 1.62 bits per heavy atom. The Morgan fingerprint density at radius 1 is 0.853 bits per heavy atom. The maximum Gasteiger partial charge on any atom is 0.231 e. The molecule has 0 amide bonds. The molecule has 0 aliphatic carbocycles.